The number of rotatable bonds is 3. The Balaban J connectivity index is 0.00000147. The summed E-state index contributed by atoms with van der Waals surface area (Å²) in [5.74, 6) is -0.568. The van der Waals surface area contributed by atoms with E-state index in [1.54, 1.807) is 0 Å². The zero-order chi connectivity index (χ0) is 13.6. The van der Waals surface area contributed by atoms with Crippen molar-refractivity contribution in [3.8, 4) is 0 Å². The monoisotopic (exact) mass is 321 g/mol. The van der Waals surface area contributed by atoms with Gasteiger partial charge < -0.3 is 21.4 Å². The Morgan fingerprint density at radius 1 is 1.27 bits per heavy atom. The fourth-order valence-electron chi connectivity index (χ4n) is 2.77. The summed E-state index contributed by atoms with van der Waals surface area (Å²) in [6, 6.07) is 0. The molecule has 1 aromatic heterocycles. The zero-order valence-corrected chi connectivity index (χ0v) is 13.6. The van der Waals surface area contributed by atoms with Gasteiger partial charge in [0.15, 0.2) is 0 Å². The second-order valence-electron chi connectivity index (χ2n) is 5.50. The molecule has 0 saturated heterocycles. The van der Waals surface area contributed by atoms with E-state index in [2.05, 4.69) is 12.2 Å². The molecule has 1 amide bonds. The van der Waals surface area contributed by atoms with Crippen LogP contribution >= 0.6 is 11.3 Å². The minimum absolute atomic E-state index is 0. The standard InChI is InChI=1S/C14H17NO3S.Li.2H2O/c1-7-3-2-4-9-10(7)11(14(17)18)13(19-9)15-12(16)8-5-6-8;;;/h7-8H,2-6H2,1H3,(H,15,16)(H,17,18);;2*1H2/q;+1;;/p-1. The smallest absolute Gasteiger partial charge is 0.870 e. The molecule has 1 fully saturated rings. The van der Waals surface area contributed by atoms with Crippen LogP contribution in [0.5, 0.6) is 0 Å². The van der Waals surface area contributed by atoms with Gasteiger partial charge in [-0.1, -0.05) is 6.92 Å². The zero-order valence-electron chi connectivity index (χ0n) is 12.8. The Morgan fingerprint density at radius 3 is 2.45 bits per heavy atom. The summed E-state index contributed by atoms with van der Waals surface area (Å²) >= 11 is 1.45. The van der Waals surface area contributed by atoms with Crippen LogP contribution in [0.15, 0.2) is 0 Å². The molecule has 5 N–H and O–H groups in total. The average molecular weight is 321 g/mol. The van der Waals surface area contributed by atoms with Gasteiger partial charge in [-0.05, 0) is 43.6 Å². The number of thiophene rings is 1. The summed E-state index contributed by atoms with van der Waals surface area (Å²) < 4.78 is 0. The van der Waals surface area contributed by atoms with Crippen molar-refractivity contribution in [1.29, 1.82) is 0 Å². The molecule has 1 aromatic rings. The topological polar surface area (TPSA) is 128 Å². The predicted molar refractivity (Wildman–Crippen MR) is 79.5 cm³/mol. The first kappa shape index (κ1) is 21.2. The summed E-state index contributed by atoms with van der Waals surface area (Å²) in [6.07, 6.45) is 4.92. The third-order valence-corrected chi connectivity index (χ3v) is 5.14. The number of amides is 1. The van der Waals surface area contributed by atoms with E-state index in [1.807, 2.05) is 0 Å². The molecule has 0 aromatic carbocycles. The maximum absolute atomic E-state index is 11.8. The van der Waals surface area contributed by atoms with Gasteiger partial charge in [0.25, 0.3) is 0 Å². The Hall–Kier alpha value is -0.843. The average Bonchev–Trinajstić information content (AvgIpc) is 3.11. The maximum Gasteiger partial charge on any atom is 1.00 e. The number of aryl methyl sites for hydroxylation is 1. The molecule has 2 aliphatic carbocycles. The Kier molecular flexibility index (Phi) is 7.82. The number of nitrogens with one attached hydrogen (secondary N) is 1. The molecule has 1 atom stereocenters. The number of fused-ring (bicyclic) bond motifs is 1. The van der Waals surface area contributed by atoms with E-state index >= 15 is 0 Å². The number of carboxylic acid groups (broad SMARTS) is 1. The molecule has 1 heterocycles. The predicted octanol–water partition coefficient (Wildman–Crippen LogP) is -0.763. The fourth-order valence-corrected chi connectivity index (χ4v) is 4.13. The van der Waals surface area contributed by atoms with Crippen molar-refractivity contribution in [2.75, 3.05) is 5.32 Å². The van der Waals surface area contributed by atoms with Gasteiger partial charge >= 0.3 is 24.8 Å². The molecule has 0 spiro atoms. The number of carbonyl (C=O) groups is 2. The van der Waals surface area contributed by atoms with Gasteiger partial charge in [-0.2, -0.15) is 0 Å². The normalized spacial score (nSPS) is 18.9. The molecule has 6 nitrogen and oxygen atoms in total. The van der Waals surface area contributed by atoms with E-state index in [0.29, 0.717) is 10.6 Å². The number of anilines is 1. The molecule has 1 unspecified atom stereocenters. The van der Waals surface area contributed by atoms with Crippen LogP contribution in [0, 0.1) is 5.92 Å². The van der Waals surface area contributed by atoms with Crippen molar-refractivity contribution in [2.24, 2.45) is 5.92 Å². The van der Waals surface area contributed by atoms with Crippen LogP contribution in [0.3, 0.4) is 0 Å². The molecule has 0 radical (unpaired) electrons. The Labute approximate surface area is 145 Å². The first-order valence-corrected chi connectivity index (χ1v) is 7.59. The molecule has 8 heteroatoms. The number of hydrogen-bond acceptors (Lipinski definition) is 4. The number of carboxylic acids is 1. The number of carbonyl (C=O) groups excluding carboxylic acids is 1. The molecule has 2 aliphatic rings. The van der Waals surface area contributed by atoms with E-state index in [1.165, 1.54) is 11.3 Å². The van der Waals surface area contributed by atoms with Crippen LogP contribution in [-0.2, 0) is 11.2 Å². The van der Waals surface area contributed by atoms with E-state index in [0.717, 1.165) is 42.5 Å². The van der Waals surface area contributed by atoms with E-state index < -0.39 is 5.97 Å². The van der Waals surface area contributed by atoms with Crippen molar-refractivity contribution < 1.29 is 44.5 Å². The summed E-state index contributed by atoms with van der Waals surface area (Å²) in [5, 5.41) is 12.8. The van der Waals surface area contributed by atoms with Crippen molar-refractivity contribution in [1.82, 2.24) is 0 Å². The molecule has 3 rings (SSSR count). The maximum atomic E-state index is 11.8. The van der Waals surface area contributed by atoms with Gasteiger partial charge in [-0.3, -0.25) is 4.79 Å². The van der Waals surface area contributed by atoms with Crippen molar-refractivity contribution in [3.05, 3.63) is 16.0 Å². The van der Waals surface area contributed by atoms with Crippen LogP contribution < -0.4 is 24.2 Å². The van der Waals surface area contributed by atoms with Gasteiger partial charge in [0.2, 0.25) is 5.91 Å². The van der Waals surface area contributed by atoms with Crippen molar-refractivity contribution >= 4 is 28.2 Å². The second kappa shape index (κ2) is 8.13. The third kappa shape index (κ3) is 3.92. The van der Waals surface area contributed by atoms with Gasteiger partial charge in [-0.15, -0.1) is 11.3 Å². The molecular formula is C14H20LiNO5S. The molecular weight excluding hydrogens is 301 g/mol. The van der Waals surface area contributed by atoms with Gasteiger partial charge in [0.1, 0.15) is 5.00 Å². The molecule has 0 aliphatic heterocycles. The summed E-state index contributed by atoms with van der Waals surface area (Å²) in [4.78, 5) is 24.5. The van der Waals surface area contributed by atoms with Gasteiger partial charge in [0.05, 0.1) is 5.56 Å². The number of aromatic carboxylic acids is 1. The first-order valence-electron chi connectivity index (χ1n) is 6.77. The van der Waals surface area contributed by atoms with Crippen LogP contribution in [0.1, 0.15) is 59.3 Å². The summed E-state index contributed by atoms with van der Waals surface area (Å²) in [7, 11) is 0. The Bertz CT molecular complexity index is 556. The van der Waals surface area contributed by atoms with Crippen LogP contribution in [-0.4, -0.2) is 27.9 Å². The van der Waals surface area contributed by atoms with Crippen molar-refractivity contribution in [3.63, 3.8) is 0 Å². The minimum Gasteiger partial charge on any atom is -0.870 e. The van der Waals surface area contributed by atoms with E-state index in [-0.39, 0.29) is 47.6 Å². The quantitative estimate of drug-likeness (QED) is 0.709. The minimum atomic E-state index is -0.919. The van der Waals surface area contributed by atoms with Gasteiger partial charge in [-0.25, -0.2) is 4.79 Å². The summed E-state index contributed by atoms with van der Waals surface area (Å²) in [6.45, 7) is 2.07. The first-order chi connectivity index (χ1) is 9.08. The van der Waals surface area contributed by atoms with E-state index in [9.17, 15) is 14.7 Å². The van der Waals surface area contributed by atoms with Crippen molar-refractivity contribution in [2.45, 2.75) is 44.9 Å². The third-order valence-electron chi connectivity index (χ3n) is 3.95. The molecule has 22 heavy (non-hydrogen) atoms. The summed E-state index contributed by atoms with van der Waals surface area (Å²) in [5.41, 5.74) is 1.29. The molecule has 0 bridgehead atoms. The van der Waals surface area contributed by atoms with Gasteiger partial charge in [0, 0.05) is 10.8 Å². The Morgan fingerprint density at radius 2 is 1.91 bits per heavy atom. The van der Waals surface area contributed by atoms with Crippen LogP contribution in [0.25, 0.3) is 0 Å². The molecule has 118 valence electrons. The SMILES string of the molecule is CC1CCCc2sc(NC(=O)C3CC3)c(C(=O)O)c21.O.[Li+].[OH-]. The molecule has 1 saturated carbocycles. The van der Waals surface area contributed by atoms with Crippen LogP contribution in [0.4, 0.5) is 5.00 Å². The van der Waals surface area contributed by atoms with E-state index in [4.69, 9.17) is 0 Å². The largest absolute Gasteiger partial charge is 1.00 e. The fraction of sp³-hybridized carbons (Fsp3) is 0.571. The second-order valence-corrected chi connectivity index (χ2v) is 6.61. The van der Waals surface area contributed by atoms with Crippen LogP contribution in [0.2, 0.25) is 0 Å². The number of hydrogen-bond donors (Lipinski definition) is 2.